The van der Waals surface area contributed by atoms with Crippen molar-refractivity contribution in [3.63, 3.8) is 0 Å². The quantitative estimate of drug-likeness (QED) is 0.343. The highest BCUT2D eigenvalue weighted by molar-refractivity contribution is 5.68. The summed E-state index contributed by atoms with van der Waals surface area (Å²) in [6.45, 7) is 14.5. The van der Waals surface area contributed by atoms with Gasteiger partial charge < -0.3 is 23.7 Å². The van der Waals surface area contributed by atoms with Crippen molar-refractivity contribution >= 4 is 6.09 Å². The van der Waals surface area contributed by atoms with Crippen LogP contribution in [0.3, 0.4) is 0 Å². The van der Waals surface area contributed by atoms with E-state index in [1.54, 1.807) is 24.2 Å². The van der Waals surface area contributed by atoms with Gasteiger partial charge in [-0.15, -0.1) is 13.2 Å². The monoisotopic (exact) mass is 509 g/mol. The van der Waals surface area contributed by atoms with Crippen LogP contribution >= 0.6 is 0 Å². The van der Waals surface area contributed by atoms with E-state index in [1.807, 2.05) is 75.4 Å². The van der Waals surface area contributed by atoms with Crippen molar-refractivity contribution in [2.24, 2.45) is 0 Å². The minimum Gasteiger partial charge on any atom is -0.497 e. The average molecular weight is 510 g/mol. The minimum atomic E-state index is -0.648. The highest BCUT2D eigenvalue weighted by atomic mass is 16.7. The van der Waals surface area contributed by atoms with Gasteiger partial charge in [-0.3, -0.25) is 4.90 Å². The number of rotatable bonds is 11. The number of hydrogen-bond donors (Lipinski definition) is 0. The second-order valence-electron chi connectivity index (χ2n) is 9.88. The van der Waals surface area contributed by atoms with E-state index in [4.69, 9.17) is 23.7 Å². The van der Waals surface area contributed by atoms with Crippen molar-refractivity contribution in [1.29, 1.82) is 0 Å². The molecule has 0 aliphatic carbocycles. The molecule has 7 heteroatoms. The Hall–Kier alpha value is -3.13. The van der Waals surface area contributed by atoms with Crippen LogP contribution < -0.4 is 4.74 Å². The molecule has 2 aromatic rings. The largest absolute Gasteiger partial charge is 0.497 e. The highest BCUT2D eigenvalue weighted by Gasteiger charge is 2.38. The van der Waals surface area contributed by atoms with Crippen LogP contribution in [0.15, 0.2) is 79.9 Å². The summed E-state index contributed by atoms with van der Waals surface area (Å²) >= 11 is 0. The van der Waals surface area contributed by atoms with Gasteiger partial charge in [-0.05, 0) is 44.9 Å². The molecule has 1 saturated heterocycles. The molecule has 2 aromatic carbocycles. The predicted octanol–water partition coefficient (Wildman–Crippen LogP) is 6.06. The summed E-state index contributed by atoms with van der Waals surface area (Å²) in [5.74, 6) is 0.792. The Labute approximate surface area is 220 Å². The maximum absolute atomic E-state index is 13.3. The molecule has 0 saturated carbocycles. The molecule has 0 bridgehead atoms. The third kappa shape index (κ3) is 8.45. The molecule has 0 radical (unpaired) electrons. The average Bonchev–Trinajstić information content (AvgIpc) is 2.90. The number of nitrogens with zero attached hydrogens (tertiary/aromatic N) is 1. The fourth-order valence-electron chi connectivity index (χ4n) is 3.99. The molecule has 1 amide bonds. The highest BCUT2D eigenvalue weighted by Crippen LogP contribution is 2.30. The lowest BCUT2D eigenvalue weighted by atomic mass is 10.1. The van der Waals surface area contributed by atoms with Crippen LogP contribution in [-0.4, -0.2) is 55.1 Å². The Balaban J connectivity index is 1.68. The second kappa shape index (κ2) is 13.4. The van der Waals surface area contributed by atoms with Gasteiger partial charge in [0.15, 0.2) is 6.29 Å². The van der Waals surface area contributed by atoms with Crippen molar-refractivity contribution in [3.8, 4) is 5.75 Å². The summed E-state index contributed by atoms with van der Waals surface area (Å²) in [7, 11) is 1.64. The Bertz CT molecular complexity index is 1000. The van der Waals surface area contributed by atoms with Crippen LogP contribution in [0, 0.1) is 0 Å². The predicted molar refractivity (Wildman–Crippen MR) is 143 cm³/mol. The van der Waals surface area contributed by atoms with Gasteiger partial charge >= 0.3 is 6.09 Å². The number of benzene rings is 2. The van der Waals surface area contributed by atoms with Crippen molar-refractivity contribution < 1.29 is 28.5 Å². The molecule has 0 aromatic heterocycles. The first-order valence-electron chi connectivity index (χ1n) is 12.6. The number of ether oxygens (including phenoxy) is 5. The van der Waals surface area contributed by atoms with E-state index in [9.17, 15) is 4.79 Å². The molecule has 0 N–H and O–H groups in total. The van der Waals surface area contributed by atoms with Gasteiger partial charge in [-0.2, -0.15) is 0 Å². The van der Waals surface area contributed by atoms with Crippen LogP contribution in [0.4, 0.5) is 4.79 Å². The first kappa shape index (κ1) is 28.4. The van der Waals surface area contributed by atoms with Gasteiger partial charge in [0, 0.05) is 12.1 Å². The fourth-order valence-corrected chi connectivity index (χ4v) is 3.99. The minimum absolute atomic E-state index is 0.267. The van der Waals surface area contributed by atoms with E-state index in [-0.39, 0.29) is 12.7 Å². The summed E-state index contributed by atoms with van der Waals surface area (Å²) in [6, 6.07) is 17.0. The molecule has 37 heavy (non-hydrogen) atoms. The normalized spacial score (nSPS) is 20.5. The zero-order chi connectivity index (χ0) is 26.8. The molecule has 200 valence electrons. The van der Waals surface area contributed by atoms with E-state index < -0.39 is 30.1 Å². The Morgan fingerprint density at radius 3 is 2.43 bits per heavy atom. The summed E-state index contributed by atoms with van der Waals surface area (Å²) in [5, 5.41) is 0. The van der Waals surface area contributed by atoms with Gasteiger partial charge in [0.2, 0.25) is 0 Å². The third-order valence-electron chi connectivity index (χ3n) is 5.95. The van der Waals surface area contributed by atoms with Gasteiger partial charge in [0.25, 0.3) is 0 Å². The van der Waals surface area contributed by atoms with Crippen molar-refractivity contribution in [1.82, 2.24) is 4.90 Å². The summed E-state index contributed by atoms with van der Waals surface area (Å²) < 4.78 is 29.3. The zero-order valence-electron chi connectivity index (χ0n) is 22.3. The smallest absolute Gasteiger partial charge is 0.410 e. The zero-order valence-corrected chi connectivity index (χ0v) is 22.3. The lowest BCUT2D eigenvalue weighted by molar-refractivity contribution is -0.230. The summed E-state index contributed by atoms with van der Waals surface area (Å²) in [6.07, 6.45) is 2.32. The van der Waals surface area contributed by atoms with Gasteiger partial charge in [-0.1, -0.05) is 54.6 Å². The van der Waals surface area contributed by atoms with Crippen LogP contribution in [0.1, 0.15) is 44.6 Å². The molecular formula is C30H39NO6. The maximum Gasteiger partial charge on any atom is 0.410 e. The van der Waals surface area contributed by atoms with Gasteiger partial charge in [-0.25, -0.2) is 4.79 Å². The number of hydrogen-bond acceptors (Lipinski definition) is 6. The van der Waals surface area contributed by atoms with E-state index >= 15 is 0 Å². The van der Waals surface area contributed by atoms with Crippen LogP contribution in [0.5, 0.6) is 5.75 Å². The van der Waals surface area contributed by atoms with Gasteiger partial charge in [0.1, 0.15) is 17.5 Å². The third-order valence-corrected chi connectivity index (χ3v) is 5.95. The standard InChI is InChI=1S/C30H39NO6/c1-7-24(34-20-22-14-16-25(33-6)17-15-22)18-19-31(29(32)37-30(3,4)5)26-21-35-28(36-27(26)8-2)23-12-10-9-11-13-23/h7-17,24,26-28H,1-2,18-21H2,3-6H3/t24-,26-,27+,28-/m1/s1. The van der Waals surface area contributed by atoms with E-state index in [0.717, 1.165) is 16.9 Å². The molecule has 3 rings (SSSR count). The number of methoxy groups -OCH3 is 1. The first-order chi connectivity index (χ1) is 17.7. The fraction of sp³-hybridized carbons (Fsp3) is 0.433. The SMILES string of the molecule is C=C[C@H](CCN(C(=O)OC(C)(C)C)[C@@H]1CO[C@@H](c2ccccc2)O[C@H]1C=C)OCc1ccc(OC)cc1. The van der Waals surface area contributed by atoms with Crippen LogP contribution in [0.2, 0.25) is 0 Å². The molecule has 7 nitrogen and oxygen atoms in total. The van der Waals surface area contributed by atoms with Crippen LogP contribution in [0.25, 0.3) is 0 Å². The molecule has 1 fully saturated rings. The number of amides is 1. The molecule has 0 unspecified atom stereocenters. The lowest BCUT2D eigenvalue weighted by Crippen LogP contribution is -2.54. The van der Waals surface area contributed by atoms with Gasteiger partial charge in [0.05, 0.1) is 32.5 Å². The first-order valence-corrected chi connectivity index (χ1v) is 12.6. The molecular weight excluding hydrogens is 470 g/mol. The van der Waals surface area contributed by atoms with Crippen LogP contribution in [-0.2, 0) is 25.6 Å². The lowest BCUT2D eigenvalue weighted by Gasteiger charge is -2.41. The summed E-state index contributed by atoms with van der Waals surface area (Å²) in [5.41, 5.74) is 1.28. The molecule has 1 aliphatic heterocycles. The van der Waals surface area contributed by atoms with Crippen molar-refractivity contribution in [2.75, 3.05) is 20.3 Å². The van der Waals surface area contributed by atoms with Crippen molar-refractivity contribution in [2.45, 2.75) is 63.9 Å². The topological polar surface area (TPSA) is 66.5 Å². The van der Waals surface area contributed by atoms with Crippen molar-refractivity contribution in [3.05, 3.63) is 91.0 Å². The Kier molecular flexibility index (Phi) is 10.3. The maximum atomic E-state index is 13.3. The number of carbonyl (C=O) groups excluding carboxylic acids is 1. The van der Waals surface area contributed by atoms with E-state index in [1.165, 1.54) is 0 Å². The molecule has 1 heterocycles. The Morgan fingerprint density at radius 1 is 1.14 bits per heavy atom. The Morgan fingerprint density at radius 2 is 1.84 bits per heavy atom. The second-order valence-corrected chi connectivity index (χ2v) is 9.88. The molecule has 1 aliphatic rings. The summed E-state index contributed by atoms with van der Waals surface area (Å²) in [4.78, 5) is 15.0. The molecule has 4 atom stereocenters. The van der Waals surface area contributed by atoms with E-state index in [2.05, 4.69) is 13.2 Å². The molecule has 0 spiro atoms. The van der Waals surface area contributed by atoms with E-state index in [0.29, 0.717) is 19.6 Å². The number of carbonyl (C=O) groups is 1.